The van der Waals surface area contributed by atoms with Crippen molar-refractivity contribution in [2.75, 3.05) is 43.4 Å². The first-order chi connectivity index (χ1) is 10.1. The van der Waals surface area contributed by atoms with Gasteiger partial charge in [-0.2, -0.15) is 0 Å². The van der Waals surface area contributed by atoms with E-state index in [-0.39, 0.29) is 0 Å². The molecule has 1 aliphatic rings. The third-order valence-electron chi connectivity index (χ3n) is 4.09. The Bertz CT molecular complexity index is 615. The minimum absolute atomic E-state index is 0.725. The van der Waals surface area contributed by atoms with Gasteiger partial charge in [-0.1, -0.05) is 32.0 Å². The monoisotopic (exact) mass is 284 g/mol. The lowest BCUT2D eigenvalue weighted by molar-refractivity contribution is 0.231. The first kappa shape index (κ1) is 14.1. The summed E-state index contributed by atoms with van der Waals surface area (Å²) in [5.74, 6) is 0.725. The molecule has 1 aromatic carbocycles. The zero-order valence-electron chi connectivity index (χ0n) is 12.9. The van der Waals surface area contributed by atoms with E-state index in [1.54, 1.807) is 6.20 Å². The van der Waals surface area contributed by atoms with Gasteiger partial charge >= 0.3 is 0 Å². The van der Waals surface area contributed by atoms with Crippen LogP contribution in [-0.2, 0) is 0 Å². The van der Waals surface area contributed by atoms with E-state index in [2.05, 4.69) is 40.8 Å². The topological polar surface area (TPSA) is 45.4 Å². The largest absolute Gasteiger partial charge is 0.396 e. The molecule has 1 aliphatic heterocycles. The smallest absolute Gasteiger partial charge is 0.0745 e. The molecule has 1 saturated heterocycles. The zero-order valence-corrected chi connectivity index (χ0v) is 12.9. The molecule has 1 fully saturated rings. The van der Waals surface area contributed by atoms with E-state index in [0.29, 0.717) is 0 Å². The van der Waals surface area contributed by atoms with Crippen LogP contribution >= 0.6 is 0 Å². The van der Waals surface area contributed by atoms with Gasteiger partial charge < -0.3 is 10.6 Å². The molecule has 0 spiro atoms. The van der Waals surface area contributed by atoms with Gasteiger partial charge in [-0.25, -0.2) is 0 Å². The van der Waals surface area contributed by atoms with E-state index in [1.165, 1.54) is 6.54 Å². The molecule has 2 N–H and O–H groups in total. The van der Waals surface area contributed by atoms with Crippen molar-refractivity contribution in [1.29, 1.82) is 0 Å². The van der Waals surface area contributed by atoms with E-state index in [1.807, 2.05) is 12.1 Å². The number of benzene rings is 1. The molecule has 0 unspecified atom stereocenters. The lowest BCUT2D eigenvalue weighted by Crippen LogP contribution is -2.47. The van der Waals surface area contributed by atoms with Crippen molar-refractivity contribution in [3.8, 4) is 0 Å². The number of para-hydroxylation sites is 1. The van der Waals surface area contributed by atoms with Crippen LogP contribution in [-0.4, -0.2) is 42.6 Å². The Hall–Kier alpha value is -1.81. The Morgan fingerprint density at radius 2 is 1.86 bits per heavy atom. The molecule has 2 heterocycles. The number of aromatic nitrogens is 1. The number of hydrogen-bond donors (Lipinski definition) is 1. The predicted molar refractivity (Wildman–Crippen MR) is 89.6 cm³/mol. The standard InChI is InChI=1S/C17H24N4/c1-13(2)12-20-7-9-21(10-8-20)17-14-5-3-4-6-16(14)19-11-15(17)18/h3-6,11,13H,7-10,12,18H2,1-2H3. The van der Waals surface area contributed by atoms with E-state index in [4.69, 9.17) is 5.73 Å². The molecule has 21 heavy (non-hydrogen) atoms. The highest BCUT2D eigenvalue weighted by Crippen LogP contribution is 2.31. The van der Waals surface area contributed by atoms with Crippen molar-refractivity contribution < 1.29 is 0 Å². The molecular weight excluding hydrogens is 260 g/mol. The SMILES string of the molecule is CC(C)CN1CCN(c2c(N)cnc3ccccc23)CC1. The highest BCUT2D eigenvalue weighted by molar-refractivity contribution is 5.97. The zero-order chi connectivity index (χ0) is 14.8. The molecule has 112 valence electrons. The predicted octanol–water partition coefficient (Wildman–Crippen LogP) is 2.60. The van der Waals surface area contributed by atoms with E-state index >= 15 is 0 Å². The summed E-state index contributed by atoms with van der Waals surface area (Å²) in [4.78, 5) is 9.38. The van der Waals surface area contributed by atoms with Crippen LogP contribution in [0.25, 0.3) is 10.9 Å². The van der Waals surface area contributed by atoms with Crippen molar-refractivity contribution in [2.45, 2.75) is 13.8 Å². The second-order valence-corrected chi connectivity index (χ2v) is 6.26. The van der Waals surface area contributed by atoms with Crippen LogP contribution in [0.4, 0.5) is 11.4 Å². The number of fused-ring (bicyclic) bond motifs is 1. The second-order valence-electron chi connectivity index (χ2n) is 6.26. The first-order valence-corrected chi connectivity index (χ1v) is 7.75. The molecular formula is C17H24N4. The number of rotatable bonds is 3. The maximum absolute atomic E-state index is 6.22. The highest BCUT2D eigenvalue weighted by atomic mass is 15.3. The van der Waals surface area contributed by atoms with Crippen LogP contribution in [0.1, 0.15) is 13.8 Å². The Labute approximate surface area is 126 Å². The average Bonchev–Trinajstić information content (AvgIpc) is 2.48. The van der Waals surface area contributed by atoms with Crippen molar-refractivity contribution in [3.63, 3.8) is 0 Å². The molecule has 3 rings (SSSR count). The van der Waals surface area contributed by atoms with Crippen molar-refractivity contribution in [3.05, 3.63) is 30.5 Å². The summed E-state index contributed by atoms with van der Waals surface area (Å²) in [5.41, 5.74) is 9.18. The van der Waals surface area contributed by atoms with Gasteiger partial charge in [0.05, 0.1) is 23.1 Å². The third kappa shape index (κ3) is 2.95. The van der Waals surface area contributed by atoms with Crippen LogP contribution in [0, 0.1) is 5.92 Å². The van der Waals surface area contributed by atoms with Crippen LogP contribution in [0.3, 0.4) is 0 Å². The van der Waals surface area contributed by atoms with Crippen molar-refractivity contribution >= 4 is 22.3 Å². The summed E-state index contributed by atoms with van der Waals surface area (Å²) >= 11 is 0. The van der Waals surface area contributed by atoms with Gasteiger partial charge in [-0.05, 0) is 12.0 Å². The van der Waals surface area contributed by atoms with E-state index in [0.717, 1.165) is 54.4 Å². The minimum atomic E-state index is 0.725. The van der Waals surface area contributed by atoms with E-state index < -0.39 is 0 Å². The quantitative estimate of drug-likeness (QED) is 0.941. The molecule has 1 aromatic heterocycles. The molecule has 0 aliphatic carbocycles. The molecule has 0 atom stereocenters. The fourth-order valence-electron chi connectivity index (χ4n) is 3.17. The first-order valence-electron chi connectivity index (χ1n) is 7.75. The summed E-state index contributed by atoms with van der Waals surface area (Å²) in [6, 6.07) is 8.25. The highest BCUT2D eigenvalue weighted by Gasteiger charge is 2.21. The van der Waals surface area contributed by atoms with E-state index in [9.17, 15) is 0 Å². The third-order valence-corrected chi connectivity index (χ3v) is 4.09. The number of hydrogen-bond acceptors (Lipinski definition) is 4. The maximum Gasteiger partial charge on any atom is 0.0745 e. The number of pyridine rings is 1. The normalized spacial score (nSPS) is 16.8. The molecule has 4 heteroatoms. The molecule has 0 bridgehead atoms. The van der Waals surface area contributed by atoms with Crippen LogP contribution in [0.15, 0.2) is 30.5 Å². The maximum atomic E-state index is 6.22. The lowest BCUT2D eigenvalue weighted by atomic mass is 10.1. The Morgan fingerprint density at radius 3 is 2.57 bits per heavy atom. The lowest BCUT2D eigenvalue weighted by Gasteiger charge is -2.37. The molecule has 0 saturated carbocycles. The number of nitrogens with zero attached hydrogens (tertiary/aromatic N) is 3. The molecule has 0 amide bonds. The number of nitrogen functional groups attached to an aromatic ring is 1. The molecule has 0 radical (unpaired) electrons. The van der Waals surface area contributed by atoms with Crippen LogP contribution in [0.5, 0.6) is 0 Å². The van der Waals surface area contributed by atoms with Gasteiger partial charge in [0.1, 0.15) is 0 Å². The Kier molecular flexibility index (Phi) is 3.97. The fourth-order valence-corrected chi connectivity index (χ4v) is 3.17. The van der Waals surface area contributed by atoms with Gasteiger partial charge in [0.15, 0.2) is 0 Å². The summed E-state index contributed by atoms with van der Waals surface area (Å²) in [5, 5.41) is 1.16. The van der Waals surface area contributed by atoms with Gasteiger partial charge in [0.2, 0.25) is 0 Å². The van der Waals surface area contributed by atoms with Crippen molar-refractivity contribution in [2.24, 2.45) is 5.92 Å². The fraction of sp³-hybridized carbons (Fsp3) is 0.471. The summed E-state index contributed by atoms with van der Waals surface area (Å²) in [7, 11) is 0. The van der Waals surface area contributed by atoms with Gasteiger partial charge in [-0.3, -0.25) is 9.88 Å². The second kappa shape index (κ2) is 5.90. The summed E-state index contributed by atoms with van der Waals surface area (Å²) < 4.78 is 0. The molecule has 4 nitrogen and oxygen atoms in total. The Balaban J connectivity index is 1.84. The number of piperazine rings is 1. The molecule has 2 aromatic rings. The number of anilines is 2. The summed E-state index contributed by atoms with van der Waals surface area (Å²) in [6.07, 6.45) is 1.79. The number of nitrogens with two attached hydrogens (primary N) is 1. The average molecular weight is 284 g/mol. The summed E-state index contributed by atoms with van der Waals surface area (Å²) in [6.45, 7) is 10.0. The van der Waals surface area contributed by atoms with Gasteiger partial charge in [0, 0.05) is 38.1 Å². The minimum Gasteiger partial charge on any atom is -0.396 e. The van der Waals surface area contributed by atoms with Crippen LogP contribution < -0.4 is 10.6 Å². The van der Waals surface area contributed by atoms with Gasteiger partial charge in [0.25, 0.3) is 0 Å². The van der Waals surface area contributed by atoms with Gasteiger partial charge in [-0.15, -0.1) is 0 Å². The van der Waals surface area contributed by atoms with Crippen LogP contribution in [0.2, 0.25) is 0 Å². The van der Waals surface area contributed by atoms with Crippen molar-refractivity contribution in [1.82, 2.24) is 9.88 Å². The Morgan fingerprint density at radius 1 is 1.14 bits per heavy atom.